The molecule has 8 aromatic rings. The molecule has 1 fully saturated rings. The van der Waals surface area contributed by atoms with Crippen molar-refractivity contribution in [2.45, 2.75) is 167 Å². The van der Waals surface area contributed by atoms with Gasteiger partial charge in [0.1, 0.15) is 25.0 Å². The van der Waals surface area contributed by atoms with Crippen molar-refractivity contribution < 1.29 is 73.8 Å². The summed E-state index contributed by atoms with van der Waals surface area (Å²) in [6, 6.07) is 25.9. The molecule has 0 saturated carbocycles. The summed E-state index contributed by atoms with van der Waals surface area (Å²) in [6.45, 7) is 32.2. The monoisotopic (exact) mass is 1640 g/mol. The van der Waals surface area contributed by atoms with E-state index in [1.54, 1.807) is 47.8 Å². The van der Waals surface area contributed by atoms with Gasteiger partial charge in [0.2, 0.25) is 0 Å². The molecule has 0 spiro atoms. The van der Waals surface area contributed by atoms with Crippen LogP contribution in [0, 0.1) is 55.4 Å². The van der Waals surface area contributed by atoms with Gasteiger partial charge in [0.05, 0.1) is 96.3 Å². The first-order valence-corrected chi connectivity index (χ1v) is 35.0. The highest BCUT2D eigenvalue weighted by molar-refractivity contribution is 9.11. The Labute approximate surface area is 608 Å². The predicted molar refractivity (Wildman–Crippen MR) is 383 cm³/mol. The van der Waals surface area contributed by atoms with Crippen molar-refractivity contribution in [2.75, 3.05) is 31.8 Å². The van der Waals surface area contributed by atoms with E-state index >= 15 is 0 Å². The molecule has 18 nitrogen and oxygen atoms in total. The van der Waals surface area contributed by atoms with Gasteiger partial charge in [-0.1, -0.05) is 94.8 Å². The molecule has 0 bridgehead atoms. The summed E-state index contributed by atoms with van der Waals surface area (Å²) >= 11 is 13.1. The van der Waals surface area contributed by atoms with Crippen LogP contribution in [0.15, 0.2) is 110 Å². The second-order valence-electron chi connectivity index (χ2n) is 23.3. The van der Waals surface area contributed by atoms with Gasteiger partial charge < -0.3 is 28.3 Å². The summed E-state index contributed by atoms with van der Waals surface area (Å²) in [7, 11) is -0.540. The number of aromatic nitrogens is 8. The lowest BCUT2D eigenvalue weighted by Crippen LogP contribution is -2.41. The number of aryl methyl sites for hydroxylation is 5. The number of benzene rings is 4. The van der Waals surface area contributed by atoms with Gasteiger partial charge >= 0.3 is 43.3 Å². The Morgan fingerprint density at radius 1 is 0.505 bits per heavy atom. The van der Waals surface area contributed by atoms with Crippen LogP contribution in [0.1, 0.15) is 134 Å². The first-order valence-electron chi connectivity index (χ1n) is 31.5. The van der Waals surface area contributed by atoms with E-state index in [2.05, 4.69) is 94.0 Å². The zero-order valence-corrected chi connectivity index (χ0v) is 64.7. The van der Waals surface area contributed by atoms with E-state index in [0.717, 1.165) is 110 Å². The van der Waals surface area contributed by atoms with Crippen molar-refractivity contribution in [3.05, 3.63) is 189 Å². The lowest BCUT2D eigenvalue weighted by atomic mass is 9.74. The number of nitrogens with zero attached hydrogens (tertiary/aromatic N) is 7. The number of alkyl halides is 7. The Morgan fingerprint density at radius 2 is 0.929 bits per heavy atom. The van der Waals surface area contributed by atoms with Gasteiger partial charge in [0.15, 0.2) is 0 Å². The Morgan fingerprint density at radius 3 is 1.32 bits per heavy atom. The maximum Gasteiger partial charge on any atom is 0.495 e. The van der Waals surface area contributed by atoms with Crippen molar-refractivity contribution >= 4 is 100 Å². The van der Waals surface area contributed by atoms with Crippen molar-refractivity contribution in [3.8, 4) is 11.1 Å². The van der Waals surface area contributed by atoms with Crippen LogP contribution in [0.25, 0.3) is 11.1 Å². The third-order valence-corrected chi connectivity index (χ3v) is 19.3. The third kappa shape index (κ3) is 25.3. The number of ether oxygens (including phenoxy) is 4. The van der Waals surface area contributed by atoms with Gasteiger partial charge in [0.25, 0.3) is 0 Å². The molecular formula is C70H85BBr4F6N8O10. The van der Waals surface area contributed by atoms with Crippen LogP contribution in [0.3, 0.4) is 0 Å². The molecule has 0 aliphatic carbocycles. The van der Waals surface area contributed by atoms with Crippen LogP contribution >= 0.6 is 63.7 Å². The Bertz CT molecular complexity index is 3860. The van der Waals surface area contributed by atoms with Crippen molar-refractivity contribution in [1.29, 1.82) is 0 Å². The minimum absolute atomic E-state index is 0.0293. The molecule has 5 heterocycles. The Hall–Kier alpha value is -6.92. The zero-order valence-electron chi connectivity index (χ0n) is 58.4. The van der Waals surface area contributed by atoms with E-state index < -0.39 is 41.8 Å². The summed E-state index contributed by atoms with van der Waals surface area (Å²) in [6.07, 6.45) is -7.83. The molecule has 0 radical (unpaired) electrons. The summed E-state index contributed by atoms with van der Waals surface area (Å²) in [5.41, 5.74) is 11.1. The standard InChI is InChI=1S/C23H23F3N2O2.C20H22BF3O2.2C9H13BrN2O2.C5H7BrN2.C4H7BrO2/c1-4-30-21(29)14-28-16(3)22(15(2)27-28)20-8-6-5-7-18(20)13-17-9-11-19(12-10-17)23(24,25)26;1-18(2)19(3,4)26-21(25-18)17-11-6-5-9-15(17)12-14-8-7-10-16(13-14)20(22,23)24;2*1-4-14-8(13)5-12-7(3)9(10)6(2)11-12;1-3-5(6)4(2)8-7-3;1-2-7-4(6)3-5/h5-12H,4,13-14H2,1-3H3;5-11,13H,12H2,1-4H3;2*4-5H2,1-3H3;1-2H3,(H,7,8);2-3H2,1H3. The average Bonchev–Trinajstić information content (AvgIpc) is 1.69. The van der Waals surface area contributed by atoms with Crippen LogP contribution in [-0.2, 0) is 92.3 Å². The number of aromatic amines is 1. The van der Waals surface area contributed by atoms with Gasteiger partial charge in [-0.25, -0.2) is 0 Å². The second kappa shape index (κ2) is 38.8. The molecule has 0 unspecified atom stereocenters. The largest absolute Gasteiger partial charge is 0.495 e. The van der Waals surface area contributed by atoms with Gasteiger partial charge in [-0.15, -0.1) is 0 Å². The normalized spacial score (nSPS) is 12.8. The molecule has 1 N–H and O–H groups in total. The van der Waals surface area contributed by atoms with Gasteiger partial charge in [-0.3, -0.25) is 38.3 Å². The summed E-state index contributed by atoms with van der Waals surface area (Å²) in [5, 5.41) is 20.0. The number of carbonyl (C=O) groups is 4. The van der Waals surface area contributed by atoms with Gasteiger partial charge in [0, 0.05) is 17.0 Å². The maximum absolute atomic E-state index is 13.0. The first-order chi connectivity index (χ1) is 46.3. The van der Waals surface area contributed by atoms with Crippen LogP contribution in [-0.4, -0.2) is 113 Å². The number of nitrogens with one attached hydrogen (secondary N) is 1. The highest BCUT2D eigenvalue weighted by atomic mass is 79.9. The number of rotatable bonds is 17. The molecule has 1 aliphatic rings. The van der Waals surface area contributed by atoms with E-state index in [0.29, 0.717) is 50.2 Å². The van der Waals surface area contributed by atoms with Gasteiger partial charge in [-0.05, 0) is 223 Å². The van der Waals surface area contributed by atoms with Crippen molar-refractivity contribution in [2.24, 2.45) is 0 Å². The number of carbonyl (C=O) groups excluding carboxylic acids is 4. The molecular weight excluding hydrogens is 1560 g/mol. The van der Waals surface area contributed by atoms with E-state index in [9.17, 15) is 45.5 Å². The number of H-pyrrole nitrogens is 1. The maximum atomic E-state index is 13.0. The number of halogens is 10. The lowest BCUT2D eigenvalue weighted by molar-refractivity contribution is -0.145. The molecule has 0 atom stereocenters. The molecule has 29 heteroatoms. The predicted octanol–water partition coefficient (Wildman–Crippen LogP) is 16.3. The number of hydrogen-bond donors (Lipinski definition) is 1. The average molecular weight is 1640 g/mol. The van der Waals surface area contributed by atoms with Crippen LogP contribution in [0.5, 0.6) is 0 Å². The zero-order chi connectivity index (χ0) is 74.3. The third-order valence-electron chi connectivity index (χ3n) is 15.3. The van der Waals surface area contributed by atoms with Crippen molar-refractivity contribution in [3.63, 3.8) is 0 Å². The Kier molecular flexibility index (Phi) is 33.1. The highest BCUT2D eigenvalue weighted by Gasteiger charge is 2.52. The molecule has 9 rings (SSSR count). The molecule has 0 amide bonds. The van der Waals surface area contributed by atoms with E-state index in [1.807, 2.05) is 132 Å². The fourth-order valence-corrected chi connectivity index (χ4v) is 10.5. The van der Waals surface area contributed by atoms with Crippen LogP contribution in [0.2, 0.25) is 0 Å². The summed E-state index contributed by atoms with van der Waals surface area (Å²) in [5.74, 6) is -1.08. The van der Waals surface area contributed by atoms with E-state index in [1.165, 1.54) is 24.3 Å². The van der Waals surface area contributed by atoms with Crippen LogP contribution < -0.4 is 5.46 Å². The SMILES string of the molecule is CC1(C)OB(c2ccccc2Cc2cccc(C(F)(F)F)c2)OC1(C)C.CCOC(=O)CBr.CCOC(=O)Cn1nc(C)c(-c2ccccc2Cc2ccc(C(F)(F)F)cc2)c1C.CCOC(=O)Cn1nc(C)c(Br)c1C.CCOC(=O)Cn1nc(C)c(Br)c1C.Cc1n[nH]c(C)c1Br. The Balaban J connectivity index is 0.000000271. The molecule has 1 saturated heterocycles. The molecule has 1 aliphatic heterocycles. The highest BCUT2D eigenvalue weighted by Crippen LogP contribution is 2.38. The minimum atomic E-state index is -4.35. The van der Waals surface area contributed by atoms with E-state index in [-0.39, 0.29) is 43.5 Å². The van der Waals surface area contributed by atoms with E-state index in [4.69, 9.17) is 23.5 Å². The number of hydrogen-bond acceptors (Lipinski definition) is 14. The molecule has 99 heavy (non-hydrogen) atoms. The summed E-state index contributed by atoms with van der Waals surface area (Å²) in [4.78, 5) is 44.4. The fourth-order valence-electron chi connectivity index (χ4n) is 9.54. The summed E-state index contributed by atoms with van der Waals surface area (Å²) < 4.78 is 117. The first kappa shape index (κ1) is 84.5. The van der Waals surface area contributed by atoms with Crippen LogP contribution in [0.4, 0.5) is 26.3 Å². The lowest BCUT2D eigenvalue weighted by Gasteiger charge is -2.32. The second-order valence-corrected chi connectivity index (χ2v) is 26.2. The quantitative estimate of drug-likeness (QED) is 0.0296. The fraction of sp³-hybridized carbons (Fsp3) is 0.429. The van der Waals surface area contributed by atoms with Gasteiger partial charge in [-0.2, -0.15) is 46.7 Å². The topological polar surface area (TPSA) is 206 Å². The smallest absolute Gasteiger partial charge is 0.465 e. The molecule has 4 aromatic heterocycles. The number of esters is 4. The van der Waals surface area contributed by atoms with Crippen molar-refractivity contribution in [1.82, 2.24) is 39.5 Å². The molecule has 4 aromatic carbocycles. The minimum Gasteiger partial charge on any atom is -0.465 e. The molecule has 538 valence electrons.